The molecule has 0 radical (unpaired) electrons. The molecule has 0 bridgehead atoms. The Hall–Kier alpha value is -0.500. The Balaban J connectivity index is 2.58. The Morgan fingerprint density at radius 1 is 1.50 bits per heavy atom. The van der Waals surface area contributed by atoms with Crippen molar-refractivity contribution in [3.8, 4) is 0 Å². The van der Waals surface area contributed by atoms with Crippen LogP contribution in [0.25, 0.3) is 0 Å². The van der Waals surface area contributed by atoms with E-state index in [2.05, 4.69) is 13.0 Å². The van der Waals surface area contributed by atoms with Gasteiger partial charge in [0.1, 0.15) is 5.76 Å². The van der Waals surface area contributed by atoms with Crippen LogP contribution in [-0.4, -0.2) is 12.1 Å². The third kappa shape index (κ3) is 1.81. The Morgan fingerprint density at radius 2 is 2.17 bits per heavy atom. The summed E-state index contributed by atoms with van der Waals surface area (Å²) in [4.78, 5) is 0. The van der Waals surface area contributed by atoms with E-state index in [4.69, 9.17) is 10.5 Å². The first-order chi connectivity index (χ1) is 5.73. The first-order valence-electron chi connectivity index (χ1n) is 4.85. The Labute approximate surface area is 74.8 Å². The maximum Gasteiger partial charge on any atom is 0.112 e. The molecule has 0 aromatic heterocycles. The van der Waals surface area contributed by atoms with E-state index in [1.54, 1.807) is 0 Å². The molecular formula is C10H19NO. The van der Waals surface area contributed by atoms with Crippen LogP contribution in [0.2, 0.25) is 0 Å². The Bertz CT molecular complexity index is 171. The first kappa shape index (κ1) is 9.59. The van der Waals surface area contributed by atoms with E-state index in [1.807, 2.05) is 6.92 Å². The molecule has 0 aliphatic heterocycles. The zero-order valence-electron chi connectivity index (χ0n) is 8.10. The highest BCUT2D eigenvalue weighted by Gasteiger charge is 2.37. The second-order valence-corrected chi connectivity index (χ2v) is 3.42. The molecule has 2 N–H and O–H groups in total. The molecule has 12 heavy (non-hydrogen) atoms. The molecule has 0 spiro atoms. The lowest BCUT2D eigenvalue weighted by Crippen LogP contribution is -2.48. The highest BCUT2D eigenvalue weighted by atomic mass is 16.5. The van der Waals surface area contributed by atoms with Crippen molar-refractivity contribution in [1.82, 2.24) is 0 Å². The summed E-state index contributed by atoms with van der Waals surface area (Å²) in [5.41, 5.74) is 6.01. The van der Waals surface area contributed by atoms with E-state index in [0.717, 1.165) is 31.6 Å². The van der Waals surface area contributed by atoms with E-state index >= 15 is 0 Å². The van der Waals surface area contributed by atoms with Crippen LogP contribution in [0.1, 0.15) is 39.5 Å². The average molecular weight is 169 g/mol. The summed E-state index contributed by atoms with van der Waals surface area (Å²) in [6.07, 6.45) is 6.53. The molecule has 0 amide bonds. The van der Waals surface area contributed by atoms with Crippen molar-refractivity contribution in [1.29, 1.82) is 0 Å². The molecule has 2 nitrogen and oxygen atoms in total. The van der Waals surface area contributed by atoms with Crippen LogP contribution in [0.4, 0.5) is 0 Å². The van der Waals surface area contributed by atoms with Gasteiger partial charge in [-0.25, -0.2) is 0 Å². The second-order valence-electron chi connectivity index (χ2n) is 3.42. The fourth-order valence-corrected chi connectivity index (χ4v) is 1.55. The Kier molecular flexibility index (Phi) is 3.15. The number of allylic oxidation sites excluding steroid dienone is 1. The van der Waals surface area contributed by atoms with Gasteiger partial charge < -0.3 is 10.5 Å². The molecule has 0 aromatic rings. The van der Waals surface area contributed by atoms with Crippen molar-refractivity contribution in [2.75, 3.05) is 6.61 Å². The normalized spacial score (nSPS) is 21.8. The monoisotopic (exact) mass is 169 g/mol. The van der Waals surface area contributed by atoms with Crippen molar-refractivity contribution in [2.45, 2.75) is 45.1 Å². The van der Waals surface area contributed by atoms with Crippen molar-refractivity contribution < 1.29 is 4.74 Å². The van der Waals surface area contributed by atoms with E-state index in [-0.39, 0.29) is 5.54 Å². The molecular weight excluding hydrogens is 150 g/mol. The van der Waals surface area contributed by atoms with Gasteiger partial charge >= 0.3 is 0 Å². The van der Waals surface area contributed by atoms with E-state index in [9.17, 15) is 0 Å². The fraction of sp³-hybridized carbons (Fsp3) is 0.800. The molecule has 1 saturated carbocycles. The summed E-state index contributed by atoms with van der Waals surface area (Å²) in [7, 11) is 0. The molecule has 0 heterocycles. The highest BCUT2D eigenvalue weighted by Crippen LogP contribution is 2.36. The minimum absolute atomic E-state index is 0.119. The van der Waals surface area contributed by atoms with Gasteiger partial charge in [0, 0.05) is 0 Å². The topological polar surface area (TPSA) is 35.2 Å². The third-order valence-corrected chi connectivity index (χ3v) is 2.43. The van der Waals surface area contributed by atoms with Crippen LogP contribution in [0.15, 0.2) is 11.8 Å². The van der Waals surface area contributed by atoms with Crippen LogP contribution in [0.3, 0.4) is 0 Å². The minimum Gasteiger partial charge on any atom is -0.497 e. The van der Waals surface area contributed by atoms with Crippen molar-refractivity contribution >= 4 is 0 Å². The zero-order chi connectivity index (χ0) is 9.03. The molecule has 0 unspecified atom stereocenters. The van der Waals surface area contributed by atoms with Gasteiger partial charge in [0.2, 0.25) is 0 Å². The van der Waals surface area contributed by atoms with Gasteiger partial charge in [0.15, 0.2) is 0 Å². The van der Waals surface area contributed by atoms with Gasteiger partial charge in [0.25, 0.3) is 0 Å². The van der Waals surface area contributed by atoms with Crippen LogP contribution in [0.5, 0.6) is 0 Å². The second kappa shape index (κ2) is 3.94. The largest absolute Gasteiger partial charge is 0.497 e. The lowest BCUT2D eigenvalue weighted by Gasteiger charge is -2.39. The summed E-state index contributed by atoms with van der Waals surface area (Å²) in [6.45, 7) is 4.84. The minimum atomic E-state index is -0.119. The molecule has 1 aliphatic carbocycles. The first-order valence-corrected chi connectivity index (χ1v) is 4.85. The predicted octanol–water partition coefficient (Wildman–Crippen LogP) is 2.20. The highest BCUT2D eigenvalue weighted by molar-refractivity contribution is 5.17. The van der Waals surface area contributed by atoms with Crippen molar-refractivity contribution in [3.63, 3.8) is 0 Å². The summed E-state index contributed by atoms with van der Waals surface area (Å²) < 4.78 is 5.53. The number of hydrogen-bond donors (Lipinski definition) is 1. The lowest BCUT2D eigenvalue weighted by atomic mass is 9.76. The van der Waals surface area contributed by atoms with Crippen LogP contribution < -0.4 is 5.73 Å². The van der Waals surface area contributed by atoms with Crippen LogP contribution in [-0.2, 0) is 4.74 Å². The number of hydrogen-bond acceptors (Lipinski definition) is 2. The maximum absolute atomic E-state index is 6.13. The van der Waals surface area contributed by atoms with Crippen LogP contribution >= 0.6 is 0 Å². The molecule has 0 aromatic carbocycles. The SMILES string of the molecule is CC/C=C(/OCC)C1(N)CCC1. The van der Waals surface area contributed by atoms with Crippen molar-refractivity contribution in [2.24, 2.45) is 5.73 Å². The van der Waals surface area contributed by atoms with E-state index in [1.165, 1.54) is 6.42 Å². The number of ether oxygens (including phenoxy) is 1. The molecule has 1 aliphatic rings. The molecule has 70 valence electrons. The summed E-state index contributed by atoms with van der Waals surface area (Å²) >= 11 is 0. The van der Waals surface area contributed by atoms with Crippen molar-refractivity contribution in [3.05, 3.63) is 11.8 Å². The molecule has 0 saturated heterocycles. The fourth-order valence-electron chi connectivity index (χ4n) is 1.55. The van der Waals surface area contributed by atoms with Gasteiger partial charge in [-0.2, -0.15) is 0 Å². The van der Waals surface area contributed by atoms with Gasteiger partial charge in [0.05, 0.1) is 12.1 Å². The third-order valence-electron chi connectivity index (χ3n) is 2.43. The predicted molar refractivity (Wildman–Crippen MR) is 50.8 cm³/mol. The van der Waals surface area contributed by atoms with Gasteiger partial charge in [-0.15, -0.1) is 0 Å². The summed E-state index contributed by atoms with van der Waals surface area (Å²) in [6, 6.07) is 0. The van der Waals surface area contributed by atoms with E-state index in [0.29, 0.717) is 0 Å². The summed E-state index contributed by atoms with van der Waals surface area (Å²) in [5, 5.41) is 0. The molecule has 1 rings (SSSR count). The number of nitrogens with two attached hydrogens (primary N) is 1. The van der Waals surface area contributed by atoms with Gasteiger partial charge in [-0.3, -0.25) is 0 Å². The molecule has 1 fully saturated rings. The average Bonchev–Trinajstić information content (AvgIpc) is 2.00. The van der Waals surface area contributed by atoms with Gasteiger partial charge in [-0.05, 0) is 38.7 Å². The maximum atomic E-state index is 6.13. The quantitative estimate of drug-likeness (QED) is 0.655. The van der Waals surface area contributed by atoms with Crippen LogP contribution in [0, 0.1) is 0 Å². The van der Waals surface area contributed by atoms with Gasteiger partial charge in [-0.1, -0.05) is 6.92 Å². The summed E-state index contributed by atoms with van der Waals surface area (Å²) in [5.74, 6) is 1.01. The zero-order valence-corrected chi connectivity index (χ0v) is 8.10. The standard InChI is InChI=1S/C10H19NO/c1-3-6-9(12-4-2)10(11)7-5-8-10/h6H,3-5,7-8,11H2,1-2H3/b9-6+. The lowest BCUT2D eigenvalue weighted by molar-refractivity contribution is 0.131. The number of rotatable bonds is 4. The van der Waals surface area contributed by atoms with E-state index < -0.39 is 0 Å². The smallest absolute Gasteiger partial charge is 0.112 e. The molecule has 0 atom stereocenters. The Morgan fingerprint density at radius 3 is 2.50 bits per heavy atom. The molecule has 2 heteroatoms.